The average Bonchev–Trinajstić information content (AvgIpc) is 2.24. The third-order valence-electron chi connectivity index (χ3n) is 1.93. The summed E-state index contributed by atoms with van der Waals surface area (Å²) < 4.78 is 0. The van der Waals surface area contributed by atoms with Crippen molar-refractivity contribution in [2.75, 3.05) is 12.3 Å². The molecular weight excluding hydrogens is 259 g/mol. The number of amides is 1. The van der Waals surface area contributed by atoms with Crippen LogP contribution in [0.15, 0.2) is 12.1 Å². The Bertz CT molecular complexity index is 489. The van der Waals surface area contributed by atoms with Gasteiger partial charge in [-0.2, -0.15) is 0 Å². The van der Waals surface area contributed by atoms with Gasteiger partial charge in [0.05, 0.1) is 15.7 Å². The topological polar surface area (TPSA) is 55.1 Å². The van der Waals surface area contributed by atoms with Crippen molar-refractivity contribution in [2.45, 2.75) is 13.3 Å². The predicted molar refractivity (Wildman–Crippen MR) is 71.1 cm³/mol. The van der Waals surface area contributed by atoms with Gasteiger partial charge in [-0.05, 0) is 12.1 Å². The molecule has 0 spiro atoms. The van der Waals surface area contributed by atoms with Crippen LogP contribution in [0.2, 0.25) is 10.0 Å². The molecule has 0 unspecified atom stereocenters. The second kappa shape index (κ2) is 6.39. The molecule has 0 aromatic heterocycles. The Morgan fingerprint density at radius 3 is 2.76 bits per heavy atom. The minimum Gasteiger partial charge on any atom is -0.397 e. The predicted octanol–water partition coefficient (Wildman–Crippen LogP) is 2.45. The van der Waals surface area contributed by atoms with Gasteiger partial charge in [-0.15, -0.1) is 0 Å². The summed E-state index contributed by atoms with van der Waals surface area (Å²) >= 11 is 11.8. The maximum absolute atomic E-state index is 10.6. The van der Waals surface area contributed by atoms with Crippen LogP contribution in [-0.2, 0) is 4.79 Å². The lowest BCUT2D eigenvalue weighted by Gasteiger charge is -2.01. The van der Waals surface area contributed by atoms with Crippen molar-refractivity contribution in [3.8, 4) is 11.8 Å². The van der Waals surface area contributed by atoms with Crippen LogP contribution in [0.4, 0.5) is 5.69 Å². The van der Waals surface area contributed by atoms with Crippen LogP contribution in [0.1, 0.15) is 18.9 Å². The molecule has 0 radical (unpaired) electrons. The van der Waals surface area contributed by atoms with E-state index in [9.17, 15) is 4.79 Å². The summed E-state index contributed by atoms with van der Waals surface area (Å²) in [7, 11) is 0. The van der Waals surface area contributed by atoms with Gasteiger partial charge in [-0.1, -0.05) is 35.0 Å². The van der Waals surface area contributed by atoms with Crippen LogP contribution in [-0.4, -0.2) is 12.5 Å². The van der Waals surface area contributed by atoms with Crippen molar-refractivity contribution in [3.63, 3.8) is 0 Å². The van der Waals surface area contributed by atoms with E-state index >= 15 is 0 Å². The third kappa shape index (κ3) is 4.56. The third-order valence-corrected chi connectivity index (χ3v) is 2.57. The number of halogens is 2. The van der Waals surface area contributed by atoms with E-state index in [0.717, 1.165) is 0 Å². The number of rotatable bonds is 2. The van der Waals surface area contributed by atoms with Crippen LogP contribution >= 0.6 is 23.2 Å². The van der Waals surface area contributed by atoms with E-state index < -0.39 is 0 Å². The van der Waals surface area contributed by atoms with Crippen LogP contribution in [0.3, 0.4) is 0 Å². The highest BCUT2D eigenvalue weighted by Gasteiger charge is 2.02. The number of carbonyl (C=O) groups excluding carboxylic acids is 1. The Kier molecular flexibility index (Phi) is 5.14. The van der Waals surface area contributed by atoms with E-state index in [4.69, 9.17) is 28.9 Å². The summed E-state index contributed by atoms with van der Waals surface area (Å²) in [6, 6.07) is 3.20. The molecule has 1 amide bonds. The molecule has 0 heterocycles. The van der Waals surface area contributed by atoms with Crippen molar-refractivity contribution in [2.24, 2.45) is 0 Å². The second-order valence-electron chi connectivity index (χ2n) is 3.39. The minimum atomic E-state index is -0.0691. The normalized spacial score (nSPS) is 9.35. The number of anilines is 1. The maximum Gasteiger partial charge on any atom is 0.216 e. The van der Waals surface area contributed by atoms with Gasteiger partial charge < -0.3 is 11.1 Å². The fraction of sp³-hybridized carbons (Fsp3) is 0.250. The zero-order valence-corrected chi connectivity index (χ0v) is 10.8. The first-order chi connectivity index (χ1) is 8.00. The monoisotopic (exact) mass is 270 g/mol. The van der Waals surface area contributed by atoms with E-state index in [-0.39, 0.29) is 5.91 Å². The SMILES string of the molecule is CC(=O)NCCC#Cc1cc(Cl)c(N)cc1Cl. The number of nitrogen functional groups attached to an aromatic ring is 1. The molecule has 1 aromatic rings. The summed E-state index contributed by atoms with van der Waals surface area (Å²) in [5, 5.41) is 3.55. The number of nitrogens with one attached hydrogen (secondary N) is 1. The Balaban J connectivity index is 2.66. The lowest BCUT2D eigenvalue weighted by molar-refractivity contribution is -0.118. The highest BCUT2D eigenvalue weighted by molar-refractivity contribution is 6.35. The molecule has 3 nitrogen and oxygen atoms in total. The van der Waals surface area contributed by atoms with Crippen molar-refractivity contribution < 1.29 is 4.79 Å². The van der Waals surface area contributed by atoms with Gasteiger partial charge in [0.25, 0.3) is 0 Å². The van der Waals surface area contributed by atoms with E-state index in [1.807, 2.05) is 0 Å². The zero-order chi connectivity index (χ0) is 12.8. The summed E-state index contributed by atoms with van der Waals surface area (Å²) in [5.41, 5.74) is 6.65. The van der Waals surface area contributed by atoms with Crippen LogP contribution in [0.25, 0.3) is 0 Å². The molecular formula is C12H12Cl2N2O. The number of hydrogen-bond acceptors (Lipinski definition) is 2. The highest BCUT2D eigenvalue weighted by Crippen LogP contribution is 2.26. The lowest BCUT2D eigenvalue weighted by Crippen LogP contribution is -2.20. The standard InChI is InChI=1S/C12H12Cl2N2O/c1-8(17)16-5-3-2-4-9-6-11(14)12(15)7-10(9)13/h6-7H,3,5,15H2,1H3,(H,16,17). The maximum atomic E-state index is 10.6. The smallest absolute Gasteiger partial charge is 0.216 e. The lowest BCUT2D eigenvalue weighted by atomic mass is 10.2. The number of benzene rings is 1. The second-order valence-corrected chi connectivity index (χ2v) is 4.20. The molecule has 0 bridgehead atoms. The van der Waals surface area contributed by atoms with E-state index in [1.54, 1.807) is 12.1 Å². The van der Waals surface area contributed by atoms with E-state index in [1.165, 1.54) is 6.92 Å². The van der Waals surface area contributed by atoms with Gasteiger partial charge in [-0.25, -0.2) is 0 Å². The van der Waals surface area contributed by atoms with Crippen molar-refractivity contribution in [3.05, 3.63) is 27.7 Å². The molecule has 0 atom stereocenters. The van der Waals surface area contributed by atoms with Gasteiger partial charge in [-0.3, -0.25) is 4.79 Å². The van der Waals surface area contributed by atoms with Crippen molar-refractivity contribution in [1.82, 2.24) is 5.32 Å². The summed E-state index contributed by atoms with van der Waals surface area (Å²) in [5.74, 6) is 5.71. The average molecular weight is 271 g/mol. The molecule has 90 valence electrons. The van der Waals surface area contributed by atoms with Crippen molar-refractivity contribution in [1.29, 1.82) is 0 Å². The summed E-state index contributed by atoms with van der Waals surface area (Å²) in [6.07, 6.45) is 0.553. The summed E-state index contributed by atoms with van der Waals surface area (Å²) in [6.45, 7) is 1.98. The molecule has 0 fully saturated rings. The van der Waals surface area contributed by atoms with Gasteiger partial charge in [0.15, 0.2) is 0 Å². The molecule has 0 saturated carbocycles. The Morgan fingerprint density at radius 1 is 1.41 bits per heavy atom. The van der Waals surface area contributed by atoms with Crippen molar-refractivity contribution >= 4 is 34.8 Å². The van der Waals surface area contributed by atoms with Gasteiger partial charge in [0, 0.05) is 25.5 Å². The Morgan fingerprint density at radius 2 is 2.12 bits per heavy atom. The number of carbonyl (C=O) groups is 1. The molecule has 5 heteroatoms. The molecule has 0 saturated heterocycles. The molecule has 17 heavy (non-hydrogen) atoms. The van der Waals surface area contributed by atoms with Crippen LogP contribution in [0.5, 0.6) is 0 Å². The largest absolute Gasteiger partial charge is 0.397 e. The van der Waals surface area contributed by atoms with Crippen LogP contribution < -0.4 is 11.1 Å². The van der Waals surface area contributed by atoms with Gasteiger partial charge in [0.1, 0.15) is 0 Å². The van der Waals surface area contributed by atoms with Gasteiger partial charge >= 0.3 is 0 Å². The first-order valence-corrected chi connectivity index (χ1v) is 5.74. The Hall–Kier alpha value is -1.37. The highest BCUT2D eigenvalue weighted by atomic mass is 35.5. The Labute approximate surface area is 110 Å². The molecule has 0 aliphatic carbocycles. The van der Waals surface area contributed by atoms with E-state index in [0.29, 0.717) is 34.3 Å². The first kappa shape index (κ1) is 13.7. The number of hydrogen-bond donors (Lipinski definition) is 2. The number of nitrogens with two attached hydrogens (primary N) is 1. The first-order valence-electron chi connectivity index (χ1n) is 4.98. The quantitative estimate of drug-likeness (QED) is 0.493. The van der Waals surface area contributed by atoms with Gasteiger partial charge in [0.2, 0.25) is 5.91 Å². The van der Waals surface area contributed by atoms with Crippen LogP contribution in [0, 0.1) is 11.8 Å². The summed E-state index contributed by atoms with van der Waals surface area (Å²) in [4.78, 5) is 10.6. The molecule has 3 N–H and O–H groups in total. The minimum absolute atomic E-state index is 0.0691. The molecule has 1 aromatic carbocycles. The van der Waals surface area contributed by atoms with E-state index in [2.05, 4.69) is 17.2 Å². The molecule has 0 aliphatic heterocycles. The zero-order valence-electron chi connectivity index (χ0n) is 9.31. The fourth-order valence-corrected chi connectivity index (χ4v) is 1.50. The fourth-order valence-electron chi connectivity index (χ4n) is 1.12. The molecule has 0 aliphatic rings. The molecule has 1 rings (SSSR count).